The summed E-state index contributed by atoms with van der Waals surface area (Å²) in [4.78, 5) is 11.7. The predicted octanol–water partition coefficient (Wildman–Crippen LogP) is 3.54. The van der Waals surface area contributed by atoms with Gasteiger partial charge in [-0.25, -0.2) is 4.39 Å². The van der Waals surface area contributed by atoms with Crippen LogP contribution in [0, 0.1) is 5.82 Å². The summed E-state index contributed by atoms with van der Waals surface area (Å²) in [6.45, 7) is 0. The van der Waals surface area contributed by atoms with Crippen molar-refractivity contribution in [2.24, 2.45) is 0 Å². The quantitative estimate of drug-likeness (QED) is 0.547. The van der Waals surface area contributed by atoms with Crippen LogP contribution in [0.25, 0.3) is 0 Å². The smallest absolute Gasteiger partial charge is 0.238 e. The molecule has 0 heterocycles. The van der Waals surface area contributed by atoms with E-state index in [1.54, 1.807) is 18.2 Å². The van der Waals surface area contributed by atoms with Crippen LogP contribution in [-0.4, -0.2) is 11.0 Å². The third-order valence-corrected chi connectivity index (χ3v) is 3.67. The van der Waals surface area contributed by atoms with Gasteiger partial charge in [-0.1, -0.05) is 40.2 Å². The number of carbonyl (C=O) groups is 1. The van der Waals surface area contributed by atoms with Crippen molar-refractivity contribution >= 4 is 44.9 Å². The lowest BCUT2D eigenvalue weighted by molar-refractivity contribution is -0.121. The molecule has 4 nitrogen and oxygen atoms in total. The monoisotopic (exact) mass is 395 g/mol. The van der Waals surface area contributed by atoms with E-state index in [0.29, 0.717) is 12.0 Å². The molecule has 0 aliphatic heterocycles. The molecule has 3 N–H and O–H groups in total. The number of hydrazine groups is 1. The van der Waals surface area contributed by atoms with E-state index in [0.717, 1.165) is 10.2 Å². The van der Waals surface area contributed by atoms with Gasteiger partial charge in [-0.2, -0.15) is 0 Å². The number of benzene rings is 2. The Labute approximate surface area is 147 Å². The number of thiocarbonyl (C=S) groups is 1. The van der Waals surface area contributed by atoms with Crippen LogP contribution < -0.4 is 16.2 Å². The van der Waals surface area contributed by atoms with Crippen LogP contribution in [-0.2, 0) is 11.2 Å². The molecule has 2 aromatic rings. The number of amides is 1. The van der Waals surface area contributed by atoms with Crippen molar-refractivity contribution < 1.29 is 9.18 Å². The number of carbonyl (C=O) groups excluding carboxylic acids is 1. The van der Waals surface area contributed by atoms with E-state index in [4.69, 9.17) is 12.2 Å². The minimum absolute atomic E-state index is 0.160. The third kappa shape index (κ3) is 5.96. The Morgan fingerprint density at radius 3 is 2.65 bits per heavy atom. The van der Waals surface area contributed by atoms with Crippen LogP contribution in [0.1, 0.15) is 12.0 Å². The standard InChI is InChI=1S/C16H15BrFN3OS/c17-12-5-3-6-13(10-12)19-16(23)21-20-15(22)9-8-11-4-1-2-7-14(11)18/h1-7,10H,8-9H2,(H,20,22)(H2,19,21,23). The summed E-state index contributed by atoms with van der Waals surface area (Å²) < 4.78 is 14.4. The van der Waals surface area contributed by atoms with Crippen LogP contribution in [0.3, 0.4) is 0 Å². The molecule has 0 fully saturated rings. The Morgan fingerprint density at radius 2 is 1.91 bits per heavy atom. The van der Waals surface area contributed by atoms with Crippen LogP contribution in [0.2, 0.25) is 0 Å². The van der Waals surface area contributed by atoms with Crippen molar-refractivity contribution in [3.8, 4) is 0 Å². The number of aryl methyl sites for hydroxylation is 1. The minimum atomic E-state index is -0.305. The zero-order chi connectivity index (χ0) is 16.7. The number of hydrogen-bond donors (Lipinski definition) is 3. The summed E-state index contributed by atoms with van der Waals surface area (Å²) in [5.41, 5.74) is 6.39. The summed E-state index contributed by atoms with van der Waals surface area (Å²) in [5.74, 6) is -0.577. The van der Waals surface area contributed by atoms with Crippen molar-refractivity contribution in [1.29, 1.82) is 0 Å². The molecule has 1 amide bonds. The molecular formula is C16H15BrFN3OS. The molecule has 2 aromatic carbocycles. The van der Waals surface area contributed by atoms with Crippen LogP contribution in [0.5, 0.6) is 0 Å². The first-order chi connectivity index (χ1) is 11.0. The molecule has 0 aromatic heterocycles. The normalized spacial score (nSPS) is 10.0. The highest BCUT2D eigenvalue weighted by atomic mass is 79.9. The maximum absolute atomic E-state index is 13.4. The first-order valence-electron chi connectivity index (χ1n) is 6.89. The Bertz CT molecular complexity index is 711. The molecule has 0 saturated heterocycles. The molecule has 0 aliphatic carbocycles. The molecule has 0 radical (unpaired) electrons. The molecular weight excluding hydrogens is 381 g/mol. The largest absolute Gasteiger partial charge is 0.331 e. The molecule has 120 valence electrons. The lowest BCUT2D eigenvalue weighted by atomic mass is 10.1. The molecule has 0 unspecified atom stereocenters. The average Bonchev–Trinajstić information content (AvgIpc) is 2.52. The molecule has 0 atom stereocenters. The van der Waals surface area contributed by atoms with Crippen LogP contribution in [0.4, 0.5) is 10.1 Å². The number of halogens is 2. The highest BCUT2D eigenvalue weighted by Gasteiger charge is 2.06. The van der Waals surface area contributed by atoms with E-state index in [-0.39, 0.29) is 23.3 Å². The van der Waals surface area contributed by atoms with E-state index in [2.05, 4.69) is 32.1 Å². The Kier molecular flexibility index (Phi) is 6.49. The summed E-state index contributed by atoms with van der Waals surface area (Å²) in [6.07, 6.45) is 0.486. The van der Waals surface area contributed by atoms with Gasteiger partial charge in [0.25, 0.3) is 0 Å². The lowest BCUT2D eigenvalue weighted by Crippen LogP contribution is -2.43. The number of hydrogen-bond acceptors (Lipinski definition) is 2. The SMILES string of the molecule is O=C(CCc1ccccc1F)NNC(=S)Nc1cccc(Br)c1. The third-order valence-electron chi connectivity index (χ3n) is 2.98. The fourth-order valence-corrected chi connectivity index (χ4v) is 2.44. The van der Waals surface area contributed by atoms with E-state index >= 15 is 0 Å². The van der Waals surface area contributed by atoms with Gasteiger partial charge < -0.3 is 5.32 Å². The molecule has 0 spiro atoms. The highest BCUT2D eigenvalue weighted by Crippen LogP contribution is 2.15. The van der Waals surface area contributed by atoms with E-state index in [1.807, 2.05) is 24.3 Å². The molecule has 7 heteroatoms. The van der Waals surface area contributed by atoms with Crippen molar-refractivity contribution in [1.82, 2.24) is 10.9 Å². The highest BCUT2D eigenvalue weighted by molar-refractivity contribution is 9.10. The van der Waals surface area contributed by atoms with Gasteiger partial charge in [0, 0.05) is 16.6 Å². The fourth-order valence-electron chi connectivity index (χ4n) is 1.87. The van der Waals surface area contributed by atoms with Crippen LogP contribution >= 0.6 is 28.1 Å². The zero-order valence-corrected chi connectivity index (χ0v) is 14.5. The van der Waals surface area contributed by atoms with Gasteiger partial charge in [-0.3, -0.25) is 15.6 Å². The summed E-state index contributed by atoms with van der Waals surface area (Å²) >= 11 is 8.44. The number of anilines is 1. The molecule has 2 rings (SSSR count). The maximum atomic E-state index is 13.4. The maximum Gasteiger partial charge on any atom is 0.238 e. The average molecular weight is 396 g/mol. The number of nitrogens with one attached hydrogen (secondary N) is 3. The van der Waals surface area contributed by atoms with Crippen molar-refractivity contribution in [2.75, 3.05) is 5.32 Å². The van der Waals surface area contributed by atoms with E-state index < -0.39 is 0 Å². The van der Waals surface area contributed by atoms with Gasteiger partial charge in [0.05, 0.1) is 0 Å². The first-order valence-corrected chi connectivity index (χ1v) is 8.09. The van der Waals surface area contributed by atoms with E-state index in [1.165, 1.54) is 6.07 Å². The summed E-state index contributed by atoms with van der Waals surface area (Å²) in [7, 11) is 0. The second-order valence-corrected chi connectivity index (χ2v) is 6.05. The van der Waals surface area contributed by atoms with Crippen molar-refractivity contribution in [3.63, 3.8) is 0 Å². The van der Waals surface area contributed by atoms with E-state index in [9.17, 15) is 9.18 Å². The van der Waals surface area contributed by atoms with Gasteiger partial charge in [-0.05, 0) is 48.5 Å². The Morgan fingerprint density at radius 1 is 1.13 bits per heavy atom. The predicted molar refractivity (Wildman–Crippen MR) is 96.4 cm³/mol. The Balaban J connectivity index is 1.74. The summed E-state index contributed by atoms with van der Waals surface area (Å²) in [5, 5.41) is 3.20. The van der Waals surface area contributed by atoms with Crippen molar-refractivity contribution in [3.05, 3.63) is 64.4 Å². The topological polar surface area (TPSA) is 53.2 Å². The molecule has 0 aliphatic rings. The van der Waals surface area contributed by atoms with Gasteiger partial charge in [0.2, 0.25) is 5.91 Å². The van der Waals surface area contributed by atoms with Crippen molar-refractivity contribution in [2.45, 2.75) is 12.8 Å². The number of rotatable bonds is 4. The Hall–Kier alpha value is -1.99. The molecule has 23 heavy (non-hydrogen) atoms. The lowest BCUT2D eigenvalue weighted by Gasteiger charge is -2.12. The first kappa shape index (κ1) is 17.4. The fraction of sp³-hybridized carbons (Fsp3) is 0.125. The molecule has 0 saturated carbocycles. The van der Waals surface area contributed by atoms with Gasteiger partial charge in [0.15, 0.2) is 5.11 Å². The van der Waals surface area contributed by atoms with Gasteiger partial charge in [0.1, 0.15) is 5.82 Å². The summed E-state index contributed by atoms with van der Waals surface area (Å²) in [6, 6.07) is 13.9. The van der Waals surface area contributed by atoms with Gasteiger partial charge in [-0.15, -0.1) is 0 Å². The second kappa shape index (κ2) is 8.59. The zero-order valence-electron chi connectivity index (χ0n) is 12.1. The second-order valence-electron chi connectivity index (χ2n) is 4.73. The van der Waals surface area contributed by atoms with Crippen LogP contribution in [0.15, 0.2) is 53.0 Å². The van der Waals surface area contributed by atoms with Gasteiger partial charge >= 0.3 is 0 Å². The minimum Gasteiger partial charge on any atom is -0.331 e. The molecule has 0 bridgehead atoms.